The summed E-state index contributed by atoms with van der Waals surface area (Å²) < 4.78 is 6.82. The van der Waals surface area contributed by atoms with Gasteiger partial charge in [0.05, 0.1) is 24.7 Å². The number of benzene rings is 1. The van der Waals surface area contributed by atoms with Gasteiger partial charge in [0.15, 0.2) is 5.82 Å². The summed E-state index contributed by atoms with van der Waals surface area (Å²) >= 11 is 0. The third-order valence-electron chi connectivity index (χ3n) is 3.10. The zero-order valence-electron chi connectivity index (χ0n) is 12.1. The molecule has 1 aromatic heterocycles. The predicted octanol–water partition coefficient (Wildman–Crippen LogP) is 2.47. The van der Waals surface area contributed by atoms with Crippen molar-refractivity contribution in [2.45, 2.75) is 27.3 Å². The van der Waals surface area contributed by atoms with Gasteiger partial charge in [-0.25, -0.2) is 4.98 Å². The Labute approximate surface area is 117 Å². The van der Waals surface area contributed by atoms with E-state index in [-0.39, 0.29) is 12.3 Å². The summed E-state index contributed by atoms with van der Waals surface area (Å²) in [6.07, 6.45) is 0.764. The number of ketones is 1. The zero-order chi connectivity index (χ0) is 14.9. The van der Waals surface area contributed by atoms with Gasteiger partial charge in [-0.1, -0.05) is 20.8 Å². The van der Waals surface area contributed by atoms with Gasteiger partial charge in [-0.3, -0.25) is 4.79 Å². The first-order valence-corrected chi connectivity index (χ1v) is 6.41. The SMILES string of the molecule is COc1ccc2nc(C(=O)C(C)(C)C)n(CC=O)c2c1. The second kappa shape index (κ2) is 5.07. The lowest BCUT2D eigenvalue weighted by Gasteiger charge is -2.16. The van der Waals surface area contributed by atoms with Crippen molar-refractivity contribution in [3.8, 4) is 5.75 Å². The first-order valence-electron chi connectivity index (χ1n) is 6.41. The number of carbonyl (C=O) groups excluding carboxylic acids is 2. The van der Waals surface area contributed by atoms with Crippen LogP contribution < -0.4 is 4.74 Å². The van der Waals surface area contributed by atoms with Crippen LogP contribution in [0.5, 0.6) is 5.75 Å². The Morgan fingerprint density at radius 2 is 2.10 bits per heavy atom. The molecule has 5 nitrogen and oxygen atoms in total. The molecule has 2 aromatic rings. The minimum Gasteiger partial charge on any atom is -0.497 e. The minimum atomic E-state index is -0.550. The highest BCUT2D eigenvalue weighted by atomic mass is 16.5. The lowest BCUT2D eigenvalue weighted by molar-refractivity contribution is -0.108. The summed E-state index contributed by atoms with van der Waals surface area (Å²) in [7, 11) is 1.57. The fraction of sp³-hybridized carbons (Fsp3) is 0.400. The molecule has 0 fully saturated rings. The molecule has 2 rings (SSSR count). The fourth-order valence-electron chi connectivity index (χ4n) is 2.00. The third kappa shape index (κ3) is 2.43. The van der Waals surface area contributed by atoms with Gasteiger partial charge in [-0.15, -0.1) is 0 Å². The van der Waals surface area contributed by atoms with Crippen molar-refractivity contribution < 1.29 is 14.3 Å². The number of carbonyl (C=O) groups is 2. The molecule has 0 unspecified atom stereocenters. The molecule has 0 saturated carbocycles. The summed E-state index contributed by atoms with van der Waals surface area (Å²) in [5.74, 6) is 0.890. The summed E-state index contributed by atoms with van der Waals surface area (Å²) in [5, 5.41) is 0. The van der Waals surface area contributed by atoms with E-state index in [2.05, 4.69) is 4.98 Å². The smallest absolute Gasteiger partial charge is 0.203 e. The molecule has 0 atom stereocenters. The van der Waals surface area contributed by atoms with Crippen molar-refractivity contribution in [3.63, 3.8) is 0 Å². The number of nitrogens with zero attached hydrogens (tertiary/aromatic N) is 2. The second-order valence-corrected chi connectivity index (χ2v) is 5.65. The average molecular weight is 274 g/mol. The number of fused-ring (bicyclic) bond motifs is 1. The maximum atomic E-state index is 12.5. The third-order valence-corrected chi connectivity index (χ3v) is 3.10. The van der Waals surface area contributed by atoms with E-state index < -0.39 is 5.41 Å². The Balaban J connectivity index is 2.68. The van der Waals surface area contributed by atoms with Crippen LogP contribution in [0.25, 0.3) is 11.0 Å². The molecule has 0 bridgehead atoms. The number of ether oxygens (including phenoxy) is 1. The molecule has 1 aromatic carbocycles. The number of imidazole rings is 1. The monoisotopic (exact) mass is 274 g/mol. The van der Waals surface area contributed by atoms with E-state index in [0.29, 0.717) is 17.1 Å². The number of rotatable bonds is 4. The van der Waals surface area contributed by atoms with Crippen LogP contribution in [0.15, 0.2) is 18.2 Å². The van der Waals surface area contributed by atoms with Crippen molar-refractivity contribution >= 4 is 23.1 Å². The van der Waals surface area contributed by atoms with Crippen molar-refractivity contribution in [1.82, 2.24) is 9.55 Å². The van der Waals surface area contributed by atoms with Crippen molar-refractivity contribution in [2.75, 3.05) is 7.11 Å². The van der Waals surface area contributed by atoms with Crippen LogP contribution in [0.3, 0.4) is 0 Å². The molecule has 0 N–H and O–H groups in total. The molecule has 0 aliphatic carbocycles. The normalized spacial score (nSPS) is 11.6. The molecule has 0 saturated heterocycles. The number of methoxy groups -OCH3 is 1. The first-order chi connectivity index (χ1) is 9.38. The van der Waals surface area contributed by atoms with Crippen LogP contribution in [0.1, 0.15) is 31.4 Å². The Hall–Kier alpha value is -2.17. The highest BCUT2D eigenvalue weighted by Gasteiger charge is 2.28. The standard InChI is InChI=1S/C15H18N2O3/c1-15(2,3)13(19)14-16-11-6-5-10(20-4)9-12(11)17(14)7-8-18/h5-6,8-9H,7H2,1-4H3. The van der Waals surface area contributed by atoms with Gasteiger partial charge in [0, 0.05) is 11.5 Å². The number of aromatic nitrogens is 2. The molecule has 106 valence electrons. The predicted molar refractivity (Wildman–Crippen MR) is 76.1 cm³/mol. The molecular formula is C15H18N2O3. The Kier molecular flexibility index (Phi) is 3.61. The van der Waals surface area contributed by atoms with Crippen LogP contribution in [-0.2, 0) is 11.3 Å². The molecule has 0 aliphatic rings. The summed E-state index contributed by atoms with van der Waals surface area (Å²) in [4.78, 5) is 27.7. The van der Waals surface area contributed by atoms with Gasteiger partial charge < -0.3 is 14.1 Å². The maximum Gasteiger partial charge on any atom is 0.203 e. The molecule has 5 heteroatoms. The maximum absolute atomic E-state index is 12.5. The van der Waals surface area contributed by atoms with E-state index in [1.165, 1.54) is 0 Å². The van der Waals surface area contributed by atoms with Crippen LogP contribution >= 0.6 is 0 Å². The Morgan fingerprint density at radius 3 is 2.65 bits per heavy atom. The van der Waals surface area contributed by atoms with Crippen LogP contribution in [-0.4, -0.2) is 28.7 Å². The van der Waals surface area contributed by atoms with E-state index in [1.807, 2.05) is 20.8 Å². The van der Waals surface area contributed by atoms with Crippen LogP contribution in [0.2, 0.25) is 0 Å². The van der Waals surface area contributed by atoms with Gasteiger partial charge in [0.1, 0.15) is 12.0 Å². The Bertz CT molecular complexity index is 666. The zero-order valence-corrected chi connectivity index (χ0v) is 12.1. The summed E-state index contributed by atoms with van der Waals surface area (Å²) in [6.45, 7) is 5.60. The van der Waals surface area contributed by atoms with Crippen LogP contribution in [0, 0.1) is 5.41 Å². The quantitative estimate of drug-likeness (QED) is 0.634. The number of hydrogen-bond acceptors (Lipinski definition) is 4. The molecule has 1 heterocycles. The van der Waals surface area contributed by atoms with E-state index in [9.17, 15) is 9.59 Å². The first kappa shape index (κ1) is 14.2. The number of hydrogen-bond donors (Lipinski definition) is 0. The van der Waals surface area contributed by atoms with E-state index in [0.717, 1.165) is 11.8 Å². The summed E-state index contributed by atoms with van der Waals surface area (Å²) in [6, 6.07) is 5.35. The molecule has 0 radical (unpaired) electrons. The van der Waals surface area contributed by atoms with Gasteiger partial charge in [-0.2, -0.15) is 0 Å². The topological polar surface area (TPSA) is 61.2 Å². The van der Waals surface area contributed by atoms with E-state index in [1.54, 1.807) is 29.9 Å². The lowest BCUT2D eigenvalue weighted by Crippen LogP contribution is -2.24. The lowest BCUT2D eigenvalue weighted by atomic mass is 9.90. The molecule has 0 amide bonds. The minimum absolute atomic E-state index is 0.0884. The van der Waals surface area contributed by atoms with Gasteiger partial charge >= 0.3 is 0 Å². The number of Topliss-reactive ketones (excluding diaryl/α,β-unsaturated/α-hetero) is 1. The van der Waals surface area contributed by atoms with Gasteiger partial charge in [0.25, 0.3) is 0 Å². The Morgan fingerprint density at radius 1 is 1.40 bits per heavy atom. The van der Waals surface area contributed by atoms with Crippen LogP contribution in [0.4, 0.5) is 0 Å². The van der Waals surface area contributed by atoms with E-state index in [4.69, 9.17) is 4.74 Å². The molecule has 20 heavy (non-hydrogen) atoms. The number of aldehydes is 1. The van der Waals surface area contributed by atoms with Crippen molar-refractivity contribution in [1.29, 1.82) is 0 Å². The van der Waals surface area contributed by atoms with E-state index >= 15 is 0 Å². The molecule has 0 spiro atoms. The fourth-order valence-corrected chi connectivity index (χ4v) is 2.00. The highest BCUT2D eigenvalue weighted by Crippen LogP contribution is 2.26. The van der Waals surface area contributed by atoms with Crippen molar-refractivity contribution in [3.05, 3.63) is 24.0 Å². The van der Waals surface area contributed by atoms with Gasteiger partial charge in [-0.05, 0) is 12.1 Å². The molecular weight excluding hydrogens is 256 g/mol. The average Bonchev–Trinajstić information content (AvgIpc) is 2.75. The summed E-state index contributed by atoms with van der Waals surface area (Å²) in [5.41, 5.74) is 0.857. The molecule has 0 aliphatic heterocycles. The van der Waals surface area contributed by atoms with Crippen molar-refractivity contribution in [2.24, 2.45) is 5.41 Å². The van der Waals surface area contributed by atoms with Gasteiger partial charge in [0.2, 0.25) is 5.78 Å². The highest BCUT2D eigenvalue weighted by molar-refractivity contribution is 6.00. The largest absolute Gasteiger partial charge is 0.497 e. The second-order valence-electron chi connectivity index (χ2n) is 5.65.